The summed E-state index contributed by atoms with van der Waals surface area (Å²) in [7, 11) is -3.40. The maximum Gasteiger partial charge on any atom is 0.332 e. The lowest BCUT2D eigenvalue weighted by molar-refractivity contribution is -0.120. The van der Waals surface area contributed by atoms with Gasteiger partial charge in [0, 0.05) is 18.0 Å². The molecular weight excluding hydrogens is 366 g/mol. The van der Waals surface area contributed by atoms with E-state index in [1.54, 1.807) is 17.9 Å². The second kappa shape index (κ2) is 5.53. The number of amides is 3. The van der Waals surface area contributed by atoms with Gasteiger partial charge < -0.3 is 4.90 Å². The van der Waals surface area contributed by atoms with Gasteiger partial charge in [0.05, 0.1) is 17.5 Å². The van der Waals surface area contributed by atoms with Crippen LogP contribution in [-0.2, 0) is 14.8 Å². The second-order valence-corrected chi connectivity index (χ2v) is 9.44. The predicted octanol–water partition coefficient (Wildman–Crippen LogP) is 1.78. The molecule has 5 rings (SSSR count). The van der Waals surface area contributed by atoms with Crippen LogP contribution in [0.25, 0.3) is 10.8 Å². The van der Waals surface area contributed by atoms with E-state index in [9.17, 15) is 18.0 Å². The van der Waals surface area contributed by atoms with E-state index in [1.165, 1.54) is 9.21 Å². The fourth-order valence-electron chi connectivity index (χ4n) is 4.73. The van der Waals surface area contributed by atoms with Crippen molar-refractivity contribution in [2.24, 2.45) is 0 Å². The lowest BCUT2D eigenvalue weighted by atomic mass is 10.1. The summed E-state index contributed by atoms with van der Waals surface area (Å²) in [6, 6.07) is 11.4. The summed E-state index contributed by atoms with van der Waals surface area (Å²) < 4.78 is 26.2. The fraction of sp³-hybridized carbons (Fsp3) is 0.368. The number of anilines is 1. The lowest BCUT2D eigenvalue weighted by Crippen LogP contribution is -2.55. The van der Waals surface area contributed by atoms with E-state index in [4.69, 9.17) is 0 Å². The third kappa shape index (κ3) is 2.14. The molecule has 3 aliphatic rings. The average Bonchev–Trinajstić information content (AvgIpc) is 3.33. The number of nitrogens with zero attached hydrogens (tertiary/aromatic N) is 3. The second-order valence-electron chi connectivity index (χ2n) is 7.23. The van der Waals surface area contributed by atoms with Crippen LogP contribution < -0.4 is 4.90 Å². The van der Waals surface area contributed by atoms with Gasteiger partial charge in [-0.3, -0.25) is 4.79 Å². The summed E-state index contributed by atoms with van der Waals surface area (Å²) in [5.41, 5.74) is 0.557. The van der Waals surface area contributed by atoms with Crippen molar-refractivity contribution in [3.05, 3.63) is 42.5 Å². The van der Waals surface area contributed by atoms with E-state index < -0.39 is 22.1 Å². The van der Waals surface area contributed by atoms with Crippen molar-refractivity contribution < 1.29 is 18.0 Å². The summed E-state index contributed by atoms with van der Waals surface area (Å²) in [5, 5.41) is 1.77. The molecule has 8 heteroatoms. The Morgan fingerprint density at radius 3 is 2.59 bits per heavy atom. The monoisotopic (exact) mass is 385 g/mol. The fourth-order valence-corrected chi connectivity index (χ4v) is 6.07. The summed E-state index contributed by atoms with van der Waals surface area (Å²) in [6.45, 7) is 1.88. The van der Waals surface area contributed by atoms with Crippen LogP contribution in [0.15, 0.2) is 42.5 Å². The van der Waals surface area contributed by atoms with Gasteiger partial charge in [-0.1, -0.05) is 36.4 Å². The van der Waals surface area contributed by atoms with Crippen LogP contribution in [0, 0.1) is 0 Å². The average molecular weight is 385 g/mol. The van der Waals surface area contributed by atoms with Gasteiger partial charge in [-0.25, -0.2) is 18.1 Å². The number of piperazine rings is 1. The molecule has 0 saturated carbocycles. The van der Waals surface area contributed by atoms with E-state index in [-0.39, 0.29) is 30.3 Å². The quantitative estimate of drug-likeness (QED) is 0.755. The van der Waals surface area contributed by atoms with E-state index in [2.05, 4.69) is 0 Å². The molecule has 0 spiro atoms. The number of carbonyl (C=O) groups excluding carboxylic acids is 2. The lowest BCUT2D eigenvalue weighted by Gasteiger charge is -2.33. The summed E-state index contributed by atoms with van der Waals surface area (Å²) >= 11 is 0. The third-order valence-corrected chi connectivity index (χ3v) is 7.81. The minimum absolute atomic E-state index is 0.00187. The van der Waals surface area contributed by atoms with Gasteiger partial charge in [-0.2, -0.15) is 4.31 Å². The molecule has 3 heterocycles. The molecule has 2 aromatic carbocycles. The molecule has 3 amide bonds. The number of fused-ring (bicyclic) bond motifs is 6. The van der Waals surface area contributed by atoms with Crippen molar-refractivity contribution in [3.8, 4) is 0 Å². The van der Waals surface area contributed by atoms with Crippen molar-refractivity contribution in [2.45, 2.75) is 31.5 Å². The number of carbonyl (C=O) groups is 2. The van der Waals surface area contributed by atoms with E-state index in [1.807, 2.05) is 36.4 Å². The van der Waals surface area contributed by atoms with E-state index in [0.29, 0.717) is 12.1 Å². The predicted molar refractivity (Wildman–Crippen MR) is 101 cm³/mol. The molecule has 0 unspecified atom stereocenters. The summed E-state index contributed by atoms with van der Waals surface area (Å²) in [5.74, 6) is -0.335. The molecular formula is C19H19N3O4S. The Morgan fingerprint density at radius 1 is 1.07 bits per heavy atom. The Labute approximate surface area is 157 Å². The molecule has 7 nitrogen and oxygen atoms in total. The number of sulfonamides is 1. The van der Waals surface area contributed by atoms with Crippen LogP contribution in [0.1, 0.15) is 13.3 Å². The number of urea groups is 1. The Balaban J connectivity index is 1.58. The summed E-state index contributed by atoms with van der Waals surface area (Å²) in [4.78, 5) is 29.2. The Kier molecular flexibility index (Phi) is 3.42. The van der Waals surface area contributed by atoms with Crippen LogP contribution in [-0.4, -0.2) is 60.0 Å². The Morgan fingerprint density at radius 2 is 1.81 bits per heavy atom. The van der Waals surface area contributed by atoms with Crippen molar-refractivity contribution in [2.75, 3.05) is 17.2 Å². The molecule has 3 aliphatic heterocycles. The molecule has 3 saturated heterocycles. The Bertz CT molecular complexity index is 1080. The highest BCUT2D eigenvalue weighted by Gasteiger charge is 2.63. The molecule has 3 atom stereocenters. The number of imide groups is 1. The number of benzene rings is 2. The number of hydrogen-bond donors (Lipinski definition) is 0. The highest BCUT2D eigenvalue weighted by molar-refractivity contribution is 7.89. The van der Waals surface area contributed by atoms with E-state index in [0.717, 1.165) is 10.8 Å². The van der Waals surface area contributed by atoms with Crippen LogP contribution in [0.4, 0.5) is 10.5 Å². The van der Waals surface area contributed by atoms with Gasteiger partial charge in [0.15, 0.2) is 0 Å². The van der Waals surface area contributed by atoms with Crippen molar-refractivity contribution in [1.29, 1.82) is 0 Å². The minimum Gasteiger partial charge on any atom is -0.306 e. The topological polar surface area (TPSA) is 78.0 Å². The zero-order valence-corrected chi connectivity index (χ0v) is 15.6. The van der Waals surface area contributed by atoms with Gasteiger partial charge in [0.25, 0.3) is 5.91 Å². The van der Waals surface area contributed by atoms with Gasteiger partial charge in [-0.05, 0) is 24.8 Å². The minimum atomic E-state index is -3.40. The van der Waals surface area contributed by atoms with Gasteiger partial charge in [0.1, 0.15) is 6.04 Å². The molecule has 0 aromatic heterocycles. The van der Waals surface area contributed by atoms with Crippen LogP contribution in [0.2, 0.25) is 0 Å². The first-order valence-corrected chi connectivity index (χ1v) is 10.7. The standard InChI is InChI=1S/C19H19N3O4S/c1-2-27(25,26)20-11-13-10-16(20)17-18(23)22(19(24)21(13)17)15-9-5-7-12-6-3-4-8-14(12)15/h3-9,13,16-17H,2,10-11H2,1H3/t13-,16-,17-/m0/s1. The molecule has 0 N–H and O–H groups in total. The maximum absolute atomic E-state index is 13.2. The molecule has 2 bridgehead atoms. The number of hydrogen-bond acceptors (Lipinski definition) is 4. The zero-order valence-electron chi connectivity index (χ0n) is 14.8. The van der Waals surface area contributed by atoms with Crippen LogP contribution >= 0.6 is 0 Å². The van der Waals surface area contributed by atoms with Crippen molar-refractivity contribution in [1.82, 2.24) is 9.21 Å². The van der Waals surface area contributed by atoms with Gasteiger partial charge in [0.2, 0.25) is 10.0 Å². The summed E-state index contributed by atoms with van der Waals surface area (Å²) in [6.07, 6.45) is 0.532. The van der Waals surface area contributed by atoms with Gasteiger partial charge >= 0.3 is 6.03 Å². The Hall–Kier alpha value is -2.45. The molecule has 2 aromatic rings. The van der Waals surface area contributed by atoms with Crippen LogP contribution in [0.3, 0.4) is 0 Å². The number of rotatable bonds is 3. The van der Waals surface area contributed by atoms with Crippen molar-refractivity contribution in [3.63, 3.8) is 0 Å². The normalized spacial score (nSPS) is 27.8. The molecule has 0 radical (unpaired) electrons. The highest BCUT2D eigenvalue weighted by Crippen LogP contribution is 2.44. The maximum atomic E-state index is 13.2. The first kappa shape index (κ1) is 16.7. The van der Waals surface area contributed by atoms with Crippen LogP contribution in [0.5, 0.6) is 0 Å². The zero-order chi connectivity index (χ0) is 18.9. The molecule has 3 fully saturated rings. The highest BCUT2D eigenvalue weighted by atomic mass is 32.2. The van der Waals surface area contributed by atoms with E-state index >= 15 is 0 Å². The first-order chi connectivity index (χ1) is 12.9. The first-order valence-electron chi connectivity index (χ1n) is 9.07. The molecule has 0 aliphatic carbocycles. The molecule has 140 valence electrons. The smallest absolute Gasteiger partial charge is 0.306 e. The van der Waals surface area contributed by atoms with Gasteiger partial charge in [-0.15, -0.1) is 0 Å². The SMILES string of the molecule is CCS(=O)(=O)N1C[C@@H]2C[C@H]1[C@H]1C(=O)N(c3cccc4ccccc34)C(=O)N21. The largest absolute Gasteiger partial charge is 0.332 e. The molecule has 27 heavy (non-hydrogen) atoms. The third-order valence-electron chi connectivity index (χ3n) is 5.95. The van der Waals surface area contributed by atoms with Crippen molar-refractivity contribution >= 4 is 38.4 Å².